The van der Waals surface area contributed by atoms with Crippen LogP contribution in [0.5, 0.6) is 17.2 Å². The number of para-hydroxylation sites is 1. The Morgan fingerprint density at radius 2 is 1.46 bits per heavy atom. The first-order valence-electron chi connectivity index (χ1n) is 15.4. The van der Waals surface area contributed by atoms with Crippen molar-refractivity contribution < 1.29 is 29.0 Å². The second kappa shape index (κ2) is 14.8. The predicted molar refractivity (Wildman–Crippen MR) is 185 cm³/mol. The van der Waals surface area contributed by atoms with Crippen LogP contribution >= 0.6 is 23.2 Å². The van der Waals surface area contributed by atoms with Crippen molar-refractivity contribution in [1.82, 2.24) is 10.3 Å². The van der Waals surface area contributed by atoms with Gasteiger partial charge in [0.25, 0.3) is 5.91 Å². The first-order valence-corrected chi connectivity index (χ1v) is 16.2. The third-order valence-electron chi connectivity index (χ3n) is 8.10. The second-order valence-electron chi connectivity index (χ2n) is 11.5. The molecule has 0 aliphatic heterocycles. The van der Waals surface area contributed by atoms with Crippen LogP contribution in [0, 0.1) is 0 Å². The van der Waals surface area contributed by atoms with Crippen molar-refractivity contribution in [3.63, 3.8) is 0 Å². The van der Waals surface area contributed by atoms with E-state index in [-0.39, 0.29) is 52.3 Å². The monoisotopic (exact) mass is 683 g/mol. The SMILES string of the molecule is O=C(Cc1ccc(Oc2ccc3cc(OC4CCC(NC(=O)c5cc(Cl)cnc5Cl)CC4)ccc3c2)cc1)Nc1ccccc1C(=O)O. The standard InChI is InChI=1S/C37H31Cl2N3O6/c38-25-20-32(35(39)40-21-25)36(44)41-26-9-15-28(16-10-26)48-30-14-8-23-18-29(13-7-24(23)19-30)47-27-11-5-22(6-12-27)17-34(43)42-33-4-2-1-3-31(33)37(45)46/h1-8,11-14,18-21,26,28H,9-10,15-17H2,(H,41,44)(H,42,43)(H,45,46). The minimum Gasteiger partial charge on any atom is -0.490 e. The lowest BCUT2D eigenvalue weighted by atomic mass is 9.92. The number of hydrogen-bond donors (Lipinski definition) is 3. The Kier molecular flexibility index (Phi) is 10.1. The lowest BCUT2D eigenvalue weighted by molar-refractivity contribution is -0.115. The molecule has 1 aliphatic carbocycles. The molecule has 6 rings (SSSR count). The fourth-order valence-corrected chi connectivity index (χ4v) is 6.02. The molecule has 11 heteroatoms. The average molecular weight is 685 g/mol. The molecular weight excluding hydrogens is 653 g/mol. The van der Waals surface area contributed by atoms with Gasteiger partial charge in [0, 0.05) is 12.2 Å². The highest BCUT2D eigenvalue weighted by Crippen LogP contribution is 2.31. The van der Waals surface area contributed by atoms with Gasteiger partial charge in [0.05, 0.1) is 34.4 Å². The molecule has 244 valence electrons. The summed E-state index contributed by atoms with van der Waals surface area (Å²) >= 11 is 12.1. The van der Waals surface area contributed by atoms with Crippen molar-refractivity contribution in [2.24, 2.45) is 0 Å². The minimum atomic E-state index is -1.10. The van der Waals surface area contributed by atoms with E-state index < -0.39 is 5.97 Å². The number of nitrogens with one attached hydrogen (secondary N) is 2. The predicted octanol–water partition coefficient (Wildman–Crippen LogP) is 8.33. The summed E-state index contributed by atoms with van der Waals surface area (Å²) in [5.74, 6) is 0.373. The lowest BCUT2D eigenvalue weighted by Gasteiger charge is -2.29. The van der Waals surface area contributed by atoms with E-state index in [1.165, 1.54) is 18.3 Å². The largest absolute Gasteiger partial charge is 0.490 e. The maximum atomic E-state index is 12.7. The summed E-state index contributed by atoms with van der Waals surface area (Å²) in [7, 11) is 0. The highest BCUT2D eigenvalue weighted by molar-refractivity contribution is 6.34. The average Bonchev–Trinajstić information content (AvgIpc) is 3.08. The number of aromatic carboxylic acids is 1. The highest BCUT2D eigenvalue weighted by atomic mass is 35.5. The number of carboxylic acid groups (broad SMARTS) is 1. The topological polar surface area (TPSA) is 127 Å². The number of halogens is 2. The number of benzene rings is 4. The quantitative estimate of drug-likeness (QED) is 0.126. The summed E-state index contributed by atoms with van der Waals surface area (Å²) in [5, 5.41) is 17.5. The zero-order chi connectivity index (χ0) is 33.6. The van der Waals surface area contributed by atoms with Crippen molar-refractivity contribution in [3.8, 4) is 17.2 Å². The van der Waals surface area contributed by atoms with Gasteiger partial charge in [-0.1, -0.05) is 59.6 Å². The number of amides is 2. The molecule has 1 aliphatic rings. The van der Waals surface area contributed by atoms with Crippen LogP contribution in [0.3, 0.4) is 0 Å². The van der Waals surface area contributed by atoms with E-state index in [0.717, 1.165) is 47.8 Å². The van der Waals surface area contributed by atoms with Gasteiger partial charge in [-0.2, -0.15) is 0 Å². The number of carboxylic acids is 1. The van der Waals surface area contributed by atoms with Crippen molar-refractivity contribution in [3.05, 3.63) is 124 Å². The normalized spacial score (nSPS) is 15.8. The van der Waals surface area contributed by atoms with E-state index in [9.17, 15) is 19.5 Å². The van der Waals surface area contributed by atoms with Gasteiger partial charge < -0.3 is 25.2 Å². The Morgan fingerprint density at radius 3 is 2.19 bits per heavy atom. The molecule has 0 saturated heterocycles. The smallest absolute Gasteiger partial charge is 0.337 e. The molecule has 0 bridgehead atoms. The second-order valence-corrected chi connectivity index (χ2v) is 12.3. The number of aromatic nitrogens is 1. The Labute approximate surface area is 286 Å². The van der Waals surface area contributed by atoms with Gasteiger partial charge in [-0.05, 0) is 96.6 Å². The van der Waals surface area contributed by atoms with Gasteiger partial charge in [0.1, 0.15) is 22.4 Å². The van der Waals surface area contributed by atoms with Gasteiger partial charge in [0.15, 0.2) is 0 Å². The number of ether oxygens (including phenoxy) is 2. The van der Waals surface area contributed by atoms with Crippen molar-refractivity contribution >= 4 is 57.4 Å². The summed E-state index contributed by atoms with van der Waals surface area (Å²) in [6.07, 6.45) is 4.72. The maximum Gasteiger partial charge on any atom is 0.337 e. The van der Waals surface area contributed by atoms with Crippen molar-refractivity contribution in [1.29, 1.82) is 0 Å². The third-order valence-corrected chi connectivity index (χ3v) is 8.61. The Balaban J connectivity index is 0.993. The van der Waals surface area contributed by atoms with E-state index in [2.05, 4.69) is 15.6 Å². The van der Waals surface area contributed by atoms with E-state index >= 15 is 0 Å². The zero-order valence-corrected chi connectivity index (χ0v) is 27.1. The Hall–Kier alpha value is -5.12. The third kappa shape index (κ3) is 8.23. The molecule has 1 fully saturated rings. The fraction of sp³-hybridized carbons (Fsp3) is 0.189. The maximum absolute atomic E-state index is 12.7. The van der Waals surface area contributed by atoms with Gasteiger partial charge in [-0.3, -0.25) is 9.59 Å². The summed E-state index contributed by atoms with van der Waals surface area (Å²) in [5.41, 5.74) is 1.33. The van der Waals surface area contributed by atoms with Crippen LogP contribution in [0.1, 0.15) is 52.0 Å². The summed E-state index contributed by atoms with van der Waals surface area (Å²) in [4.78, 5) is 40.6. The summed E-state index contributed by atoms with van der Waals surface area (Å²) in [6.45, 7) is 0. The van der Waals surface area contributed by atoms with Crippen LogP contribution in [-0.4, -0.2) is 40.0 Å². The van der Waals surface area contributed by atoms with Crippen molar-refractivity contribution in [2.75, 3.05) is 5.32 Å². The molecule has 0 radical (unpaired) electrons. The molecule has 48 heavy (non-hydrogen) atoms. The number of hydrogen-bond acceptors (Lipinski definition) is 6. The Morgan fingerprint density at radius 1 is 0.792 bits per heavy atom. The van der Waals surface area contributed by atoms with E-state index in [1.54, 1.807) is 42.5 Å². The molecule has 3 N–H and O–H groups in total. The van der Waals surface area contributed by atoms with Crippen molar-refractivity contribution in [2.45, 2.75) is 44.2 Å². The highest BCUT2D eigenvalue weighted by Gasteiger charge is 2.25. The number of rotatable bonds is 10. The number of anilines is 1. The molecule has 0 atom stereocenters. The number of carbonyl (C=O) groups excluding carboxylic acids is 2. The molecule has 4 aromatic carbocycles. The number of carbonyl (C=O) groups is 3. The summed E-state index contributed by atoms with van der Waals surface area (Å²) in [6, 6.07) is 26.8. The molecule has 9 nitrogen and oxygen atoms in total. The lowest BCUT2D eigenvalue weighted by Crippen LogP contribution is -2.39. The minimum absolute atomic E-state index is 0.0201. The molecule has 0 unspecified atom stereocenters. The van der Waals surface area contributed by atoms with E-state index in [0.29, 0.717) is 16.5 Å². The molecule has 0 spiro atoms. The van der Waals surface area contributed by atoms with Gasteiger partial charge in [0.2, 0.25) is 5.91 Å². The van der Waals surface area contributed by atoms with Gasteiger partial charge in [-0.15, -0.1) is 0 Å². The molecule has 2 amide bonds. The van der Waals surface area contributed by atoms with Crippen LogP contribution in [0.15, 0.2) is 97.2 Å². The molecule has 1 aromatic heterocycles. The first-order chi connectivity index (χ1) is 23.2. The van der Waals surface area contributed by atoms with Crippen LogP contribution in [-0.2, 0) is 11.2 Å². The van der Waals surface area contributed by atoms with Crippen LogP contribution in [0.4, 0.5) is 5.69 Å². The van der Waals surface area contributed by atoms with Crippen LogP contribution in [0.25, 0.3) is 10.8 Å². The summed E-state index contributed by atoms with van der Waals surface area (Å²) < 4.78 is 12.4. The zero-order valence-electron chi connectivity index (χ0n) is 25.6. The number of pyridine rings is 1. The number of fused-ring (bicyclic) bond motifs is 1. The first kappa shape index (κ1) is 32.8. The van der Waals surface area contributed by atoms with Crippen LogP contribution in [0.2, 0.25) is 10.2 Å². The molecule has 5 aromatic rings. The Bertz CT molecular complexity index is 1980. The molecule has 1 heterocycles. The fourth-order valence-electron chi connectivity index (χ4n) is 5.67. The molecule has 1 saturated carbocycles. The van der Waals surface area contributed by atoms with E-state index in [4.69, 9.17) is 32.7 Å². The number of nitrogens with zero attached hydrogens (tertiary/aromatic N) is 1. The van der Waals surface area contributed by atoms with E-state index in [1.807, 2.05) is 36.4 Å². The van der Waals surface area contributed by atoms with Gasteiger partial charge in [-0.25, -0.2) is 9.78 Å². The van der Waals surface area contributed by atoms with Gasteiger partial charge >= 0.3 is 5.97 Å². The van der Waals surface area contributed by atoms with Crippen LogP contribution < -0.4 is 20.1 Å². The molecular formula is C37H31Cl2N3O6.